The number of ketones is 1. The summed E-state index contributed by atoms with van der Waals surface area (Å²) in [6.07, 6.45) is 10.3. The summed E-state index contributed by atoms with van der Waals surface area (Å²) in [5, 5.41) is 20.4. The van der Waals surface area contributed by atoms with Crippen LogP contribution in [-0.2, 0) is 9.53 Å². The molecule has 31 heavy (non-hydrogen) atoms. The van der Waals surface area contributed by atoms with E-state index in [2.05, 4.69) is 20.8 Å². The Morgan fingerprint density at radius 2 is 1.90 bits per heavy atom. The summed E-state index contributed by atoms with van der Waals surface area (Å²) in [5.41, 5.74) is 0.793. The predicted octanol–water partition coefficient (Wildman–Crippen LogP) is 4.67. The topological polar surface area (TPSA) is 70.1 Å². The van der Waals surface area contributed by atoms with Crippen LogP contribution in [0.15, 0.2) is 11.6 Å². The molecule has 4 aliphatic carbocycles. The van der Waals surface area contributed by atoms with Gasteiger partial charge in [-0.1, -0.05) is 20.8 Å². The third kappa shape index (κ3) is 3.30. The van der Waals surface area contributed by atoms with Gasteiger partial charge in [-0.25, -0.2) is 0 Å². The molecule has 0 aromatic heterocycles. The quantitative estimate of drug-likeness (QED) is 0.622. The molecule has 1 saturated heterocycles. The number of ether oxygens (including phenoxy) is 1. The normalized spacial score (nSPS) is 48.1. The van der Waals surface area contributed by atoms with E-state index in [-0.39, 0.29) is 11.5 Å². The van der Waals surface area contributed by atoms with Crippen molar-refractivity contribution in [3.63, 3.8) is 0 Å². The Hall–Kier alpha value is -0.710. The number of aliphatic hydroxyl groups excluding tert-OH is 1. The van der Waals surface area contributed by atoms with Gasteiger partial charge in [0.05, 0.1) is 17.8 Å². The minimum Gasteiger partial charge on any atom is -0.390 e. The number of carbonyl (C=O) groups excluding carboxylic acids is 1. The van der Waals surface area contributed by atoms with Crippen LogP contribution < -0.4 is 0 Å². The Morgan fingerprint density at radius 3 is 2.61 bits per heavy atom. The smallest absolute Gasteiger partial charge is 0.155 e. The number of hydrogen-bond donors (Lipinski definition) is 2. The molecule has 0 amide bonds. The molecule has 1 aliphatic heterocycles. The number of rotatable bonds is 5. The number of aliphatic hydroxyl groups is 2. The molecule has 0 radical (unpaired) electrons. The zero-order valence-electron chi connectivity index (χ0n) is 20.1. The summed E-state index contributed by atoms with van der Waals surface area (Å²) in [7, 11) is 0. The van der Waals surface area contributed by atoms with E-state index < -0.39 is 11.7 Å². The van der Waals surface area contributed by atoms with Crippen LogP contribution in [0.5, 0.6) is 0 Å². The van der Waals surface area contributed by atoms with Crippen LogP contribution in [0.3, 0.4) is 0 Å². The molecule has 1 heterocycles. The summed E-state index contributed by atoms with van der Waals surface area (Å²) in [5.74, 6) is 3.54. The van der Waals surface area contributed by atoms with Crippen molar-refractivity contribution < 1.29 is 19.7 Å². The maximum atomic E-state index is 12.1. The maximum absolute atomic E-state index is 12.1. The average Bonchev–Trinajstić information content (AvgIpc) is 3.40. The summed E-state index contributed by atoms with van der Waals surface area (Å²) in [4.78, 5) is 12.1. The molecular weight excluding hydrogens is 388 g/mol. The highest BCUT2D eigenvalue weighted by Gasteiger charge is 2.69. The molecule has 0 spiro atoms. The first-order valence-corrected chi connectivity index (χ1v) is 12.8. The number of carbonyl (C=O) groups is 1. The van der Waals surface area contributed by atoms with E-state index in [1.54, 1.807) is 13.8 Å². The fourth-order valence-electron chi connectivity index (χ4n) is 8.76. The average molecular weight is 431 g/mol. The summed E-state index contributed by atoms with van der Waals surface area (Å²) >= 11 is 0. The molecule has 2 N–H and O–H groups in total. The standard InChI is InChI=1S/C27H42O4/c1-15(6-9-21(29)25(2,3)30)17-7-8-18-22-19(11-13-26(17,18)4)27(5)12-10-16(28)14-20(27)23-24(22)31-23/h14-15,17-19,21-24,29-30H,6-13H2,1-5H3/t15-,17-,18+,19+,21?,22+,23?,24?,26-,27-/m1/s1. The van der Waals surface area contributed by atoms with E-state index in [1.807, 2.05) is 6.08 Å². The van der Waals surface area contributed by atoms with E-state index in [0.29, 0.717) is 59.7 Å². The van der Waals surface area contributed by atoms with Gasteiger partial charge in [0.2, 0.25) is 0 Å². The van der Waals surface area contributed by atoms with Crippen LogP contribution in [0, 0.1) is 40.4 Å². The van der Waals surface area contributed by atoms with Gasteiger partial charge in [-0.3, -0.25) is 4.79 Å². The molecule has 5 rings (SSSR count). The zero-order chi connectivity index (χ0) is 22.3. The summed E-state index contributed by atoms with van der Waals surface area (Å²) in [6, 6.07) is 0. The Labute approximate surface area is 187 Å². The first kappa shape index (κ1) is 22.1. The van der Waals surface area contributed by atoms with Crippen molar-refractivity contribution in [3.05, 3.63) is 11.6 Å². The largest absolute Gasteiger partial charge is 0.390 e. The highest BCUT2D eigenvalue weighted by atomic mass is 16.6. The maximum Gasteiger partial charge on any atom is 0.155 e. The lowest BCUT2D eigenvalue weighted by atomic mass is 9.46. The fourth-order valence-corrected chi connectivity index (χ4v) is 8.76. The Balaban J connectivity index is 1.34. The van der Waals surface area contributed by atoms with Crippen LogP contribution in [0.1, 0.15) is 86.0 Å². The number of fused-ring (bicyclic) bond motifs is 8. The lowest BCUT2D eigenvalue weighted by Gasteiger charge is -2.57. The second-order valence-corrected chi connectivity index (χ2v) is 12.7. The first-order chi connectivity index (χ1) is 14.5. The van der Waals surface area contributed by atoms with Gasteiger partial charge in [0.25, 0.3) is 0 Å². The van der Waals surface area contributed by atoms with Crippen molar-refractivity contribution in [1.82, 2.24) is 0 Å². The molecule has 0 aromatic rings. The fraction of sp³-hybridized carbons (Fsp3) is 0.889. The van der Waals surface area contributed by atoms with E-state index in [0.717, 1.165) is 12.8 Å². The van der Waals surface area contributed by atoms with Crippen LogP contribution in [0.2, 0.25) is 0 Å². The minimum atomic E-state index is -1.03. The molecule has 0 aromatic carbocycles. The second kappa shape index (κ2) is 7.14. The lowest BCUT2D eigenvalue weighted by molar-refractivity contribution is -0.117. The highest BCUT2D eigenvalue weighted by molar-refractivity contribution is 5.92. The monoisotopic (exact) mass is 430 g/mol. The molecule has 4 fully saturated rings. The van der Waals surface area contributed by atoms with Gasteiger partial charge in [0.15, 0.2) is 5.78 Å². The zero-order valence-corrected chi connectivity index (χ0v) is 20.1. The van der Waals surface area contributed by atoms with E-state index in [9.17, 15) is 15.0 Å². The van der Waals surface area contributed by atoms with E-state index in [1.165, 1.54) is 31.3 Å². The highest BCUT2D eigenvalue weighted by Crippen LogP contribution is 2.70. The first-order valence-electron chi connectivity index (χ1n) is 12.8. The van der Waals surface area contributed by atoms with Crippen LogP contribution in [0.25, 0.3) is 0 Å². The van der Waals surface area contributed by atoms with Crippen molar-refractivity contribution in [3.8, 4) is 0 Å². The van der Waals surface area contributed by atoms with Gasteiger partial charge >= 0.3 is 0 Å². The number of epoxide rings is 1. The van der Waals surface area contributed by atoms with Gasteiger partial charge in [0.1, 0.15) is 6.10 Å². The molecule has 3 saturated carbocycles. The van der Waals surface area contributed by atoms with Gasteiger partial charge in [-0.2, -0.15) is 0 Å². The van der Waals surface area contributed by atoms with Gasteiger partial charge < -0.3 is 14.9 Å². The van der Waals surface area contributed by atoms with Crippen molar-refractivity contribution in [1.29, 1.82) is 0 Å². The second-order valence-electron chi connectivity index (χ2n) is 12.7. The van der Waals surface area contributed by atoms with Crippen LogP contribution in [0.4, 0.5) is 0 Å². The van der Waals surface area contributed by atoms with Crippen molar-refractivity contribution in [2.24, 2.45) is 40.4 Å². The lowest BCUT2D eigenvalue weighted by Crippen LogP contribution is -2.53. The Kier molecular flexibility index (Phi) is 5.09. The summed E-state index contributed by atoms with van der Waals surface area (Å²) < 4.78 is 6.31. The number of hydrogen-bond acceptors (Lipinski definition) is 4. The van der Waals surface area contributed by atoms with Gasteiger partial charge in [-0.05, 0) is 111 Å². The minimum absolute atomic E-state index is 0.151. The van der Waals surface area contributed by atoms with E-state index in [4.69, 9.17) is 4.74 Å². The molecular formula is C27H42O4. The molecule has 174 valence electrons. The van der Waals surface area contributed by atoms with Gasteiger partial charge in [-0.15, -0.1) is 0 Å². The SMILES string of the molecule is C[C@H](CCC(O)C(C)(C)O)[C@H]1CC[C@H]2[C@@H]3C4OC4C4=CC(=O)CC[C@]4(C)[C@H]3CC[C@]12C. The summed E-state index contributed by atoms with van der Waals surface area (Å²) in [6.45, 7) is 10.7. The molecule has 4 heteroatoms. The van der Waals surface area contributed by atoms with Crippen molar-refractivity contribution >= 4 is 5.78 Å². The Morgan fingerprint density at radius 1 is 1.16 bits per heavy atom. The third-order valence-electron chi connectivity index (χ3n) is 10.7. The van der Waals surface area contributed by atoms with Gasteiger partial charge in [0, 0.05) is 6.42 Å². The van der Waals surface area contributed by atoms with Crippen LogP contribution >= 0.6 is 0 Å². The Bertz CT molecular complexity index is 781. The van der Waals surface area contributed by atoms with Crippen molar-refractivity contribution in [2.75, 3.05) is 0 Å². The molecule has 0 bridgehead atoms. The molecule has 5 aliphatic rings. The van der Waals surface area contributed by atoms with Crippen molar-refractivity contribution in [2.45, 2.75) is 110 Å². The molecule has 3 unspecified atom stereocenters. The van der Waals surface area contributed by atoms with Crippen LogP contribution in [-0.4, -0.2) is 39.9 Å². The molecule has 4 nitrogen and oxygen atoms in total. The third-order valence-corrected chi connectivity index (χ3v) is 10.7. The predicted molar refractivity (Wildman–Crippen MR) is 120 cm³/mol. The van der Waals surface area contributed by atoms with E-state index >= 15 is 0 Å². The molecule has 10 atom stereocenters.